The summed E-state index contributed by atoms with van der Waals surface area (Å²) in [5.41, 5.74) is 1.48. The van der Waals surface area contributed by atoms with Crippen LogP contribution < -0.4 is 4.74 Å². The maximum absolute atomic E-state index is 6.26. The van der Waals surface area contributed by atoms with Gasteiger partial charge in [0.05, 0.1) is 12.1 Å². The molecular formula is C16H14ClN5OS. The molecule has 4 aromatic rings. The largest absolute Gasteiger partial charge is 0.494 e. The fourth-order valence-electron chi connectivity index (χ4n) is 2.54. The number of hydrogen-bond donors (Lipinski definition) is 0. The molecule has 122 valence electrons. The van der Waals surface area contributed by atoms with Gasteiger partial charge in [0.15, 0.2) is 10.8 Å². The highest BCUT2D eigenvalue weighted by molar-refractivity contribution is 7.19. The summed E-state index contributed by atoms with van der Waals surface area (Å²) in [6.45, 7) is 4.13. The van der Waals surface area contributed by atoms with Crippen molar-refractivity contribution in [3.63, 3.8) is 0 Å². The van der Waals surface area contributed by atoms with Crippen molar-refractivity contribution in [1.29, 1.82) is 0 Å². The van der Waals surface area contributed by atoms with Crippen LogP contribution in [0.15, 0.2) is 24.3 Å². The first-order chi connectivity index (χ1) is 11.6. The summed E-state index contributed by atoms with van der Waals surface area (Å²) in [7, 11) is 1.62. The van der Waals surface area contributed by atoms with Crippen LogP contribution in [-0.4, -0.2) is 31.9 Å². The van der Waals surface area contributed by atoms with E-state index in [2.05, 4.69) is 29.1 Å². The lowest BCUT2D eigenvalue weighted by Crippen LogP contribution is -1.98. The third-order valence-corrected chi connectivity index (χ3v) is 4.99. The summed E-state index contributed by atoms with van der Waals surface area (Å²) in [4.78, 5) is 5.46. The van der Waals surface area contributed by atoms with Crippen molar-refractivity contribution in [3.05, 3.63) is 35.1 Å². The van der Waals surface area contributed by atoms with Gasteiger partial charge >= 0.3 is 0 Å². The SMILES string of the molecule is COc1ccc(Cl)c2ccc(-c3nn4c(C(C)C)nnc4s3)nc12. The normalized spacial score (nSPS) is 11.7. The monoisotopic (exact) mass is 359 g/mol. The third-order valence-electron chi connectivity index (χ3n) is 3.74. The van der Waals surface area contributed by atoms with Crippen LogP contribution in [0.1, 0.15) is 25.6 Å². The van der Waals surface area contributed by atoms with Crippen LogP contribution in [0, 0.1) is 0 Å². The molecule has 8 heteroatoms. The molecule has 0 N–H and O–H groups in total. The molecule has 3 aromatic heterocycles. The van der Waals surface area contributed by atoms with E-state index in [4.69, 9.17) is 21.3 Å². The second-order valence-corrected chi connectivity index (χ2v) is 7.02. The van der Waals surface area contributed by atoms with Crippen molar-refractivity contribution in [3.8, 4) is 16.5 Å². The molecule has 4 rings (SSSR count). The van der Waals surface area contributed by atoms with Crippen LogP contribution in [0.4, 0.5) is 0 Å². The number of fused-ring (bicyclic) bond motifs is 2. The Labute approximate surface area is 147 Å². The summed E-state index contributed by atoms with van der Waals surface area (Å²) in [5.74, 6) is 1.77. The van der Waals surface area contributed by atoms with E-state index in [1.807, 2.05) is 24.3 Å². The van der Waals surface area contributed by atoms with Crippen LogP contribution >= 0.6 is 22.9 Å². The van der Waals surface area contributed by atoms with Crippen molar-refractivity contribution < 1.29 is 4.74 Å². The Bertz CT molecular complexity index is 1060. The molecule has 0 aliphatic rings. The molecule has 0 fully saturated rings. The first kappa shape index (κ1) is 15.3. The number of benzene rings is 1. The topological polar surface area (TPSA) is 65.2 Å². The van der Waals surface area contributed by atoms with Gasteiger partial charge in [-0.15, -0.1) is 10.2 Å². The lowest BCUT2D eigenvalue weighted by Gasteiger charge is -2.07. The molecule has 0 saturated carbocycles. The Balaban J connectivity index is 1.90. The molecular weight excluding hydrogens is 346 g/mol. The summed E-state index contributed by atoms with van der Waals surface area (Å²) in [6, 6.07) is 7.47. The van der Waals surface area contributed by atoms with E-state index in [0.29, 0.717) is 10.8 Å². The maximum Gasteiger partial charge on any atom is 0.235 e. The highest BCUT2D eigenvalue weighted by Gasteiger charge is 2.17. The number of nitrogens with zero attached hydrogens (tertiary/aromatic N) is 5. The molecule has 0 spiro atoms. The number of pyridine rings is 1. The molecule has 0 unspecified atom stereocenters. The molecule has 0 radical (unpaired) electrons. The molecule has 3 heterocycles. The van der Waals surface area contributed by atoms with Crippen LogP contribution in [0.2, 0.25) is 5.02 Å². The van der Waals surface area contributed by atoms with Crippen molar-refractivity contribution in [1.82, 2.24) is 24.8 Å². The van der Waals surface area contributed by atoms with E-state index < -0.39 is 0 Å². The van der Waals surface area contributed by atoms with Gasteiger partial charge in [0.1, 0.15) is 17.0 Å². The van der Waals surface area contributed by atoms with Gasteiger partial charge in [-0.2, -0.15) is 9.61 Å². The Morgan fingerprint density at radius 3 is 2.75 bits per heavy atom. The molecule has 0 amide bonds. The second-order valence-electron chi connectivity index (χ2n) is 5.66. The highest BCUT2D eigenvalue weighted by atomic mass is 35.5. The molecule has 0 atom stereocenters. The quantitative estimate of drug-likeness (QED) is 0.548. The average Bonchev–Trinajstić information content (AvgIpc) is 3.15. The van der Waals surface area contributed by atoms with E-state index in [1.165, 1.54) is 11.3 Å². The second kappa shape index (κ2) is 5.68. The smallest absolute Gasteiger partial charge is 0.235 e. The number of ether oxygens (including phenoxy) is 1. The molecule has 0 saturated heterocycles. The van der Waals surface area contributed by atoms with Crippen LogP contribution in [0.5, 0.6) is 5.75 Å². The summed E-state index contributed by atoms with van der Waals surface area (Å²) >= 11 is 7.71. The summed E-state index contributed by atoms with van der Waals surface area (Å²) < 4.78 is 7.19. The predicted octanol–water partition coefficient (Wildman–Crippen LogP) is 4.19. The number of halogens is 1. The zero-order valence-electron chi connectivity index (χ0n) is 13.3. The molecule has 0 aliphatic heterocycles. The van der Waals surface area contributed by atoms with Crippen LogP contribution in [-0.2, 0) is 0 Å². The van der Waals surface area contributed by atoms with Gasteiger partial charge in [-0.05, 0) is 24.3 Å². The Hall–Kier alpha value is -2.25. The lowest BCUT2D eigenvalue weighted by atomic mass is 10.2. The van der Waals surface area contributed by atoms with Gasteiger partial charge in [-0.1, -0.05) is 36.8 Å². The first-order valence-corrected chi connectivity index (χ1v) is 8.63. The fraction of sp³-hybridized carbons (Fsp3) is 0.250. The van der Waals surface area contributed by atoms with Crippen LogP contribution in [0.25, 0.3) is 26.6 Å². The summed E-state index contributed by atoms with van der Waals surface area (Å²) in [6.07, 6.45) is 0. The zero-order chi connectivity index (χ0) is 16.8. The van der Waals surface area contributed by atoms with Crippen molar-refractivity contribution >= 4 is 38.8 Å². The van der Waals surface area contributed by atoms with Crippen molar-refractivity contribution in [2.75, 3.05) is 7.11 Å². The number of aromatic nitrogens is 5. The van der Waals surface area contributed by atoms with Crippen LogP contribution in [0.3, 0.4) is 0 Å². The fourth-order valence-corrected chi connectivity index (χ4v) is 3.57. The predicted molar refractivity (Wildman–Crippen MR) is 95.0 cm³/mol. The van der Waals surface area contributed by atoms with Gasteiger partial charge in [0.2, 0.25) is 4.96 Å². The summed E-state index contributed by atoms with van der Waals surface area (Å²) in [5, 5.41) is 15.3. The molecule has 0 bridgehead atoms. The highest BCUT2D eigenvalue weighted by Crippen LogP contribution is 2.33. The first-order valence-electron chi connectivity index (χ1n) is 7.44. The van der Waals surface area contributed by atoms with Gasteiger partial charge in [-0.25, -0.2) is 4.98 Å². The molecule has 0 aliphatic carbocycles. The van der Waals surface area contributed by atoms with E-state index in [-0.39, 0.29) is 5.92 Å². The lowest BCUT2D eigenvalue weighted by molar-refractivity contribution is 0.419. The molecule has 6 nitrogen and oxygen atoms in total. The third kappa shape index (κ3) is 2.32. The van der Waals surface area contributed by atoms with E-state index in [0.717, 1.165) is 32.4 Å². The maximum atomic E-state index is 6.26. The Morgan fingerprint density at radius 2 is 2.00 bits per heavy atom. The van der Waals surface area contributed by atoms with Gasteiger partial charge in [-0.3, -0.25) is 0 Å². The molecule has 24 heavy (non-hydrogen) atoms. The zero-order valence-corrected chi connectivity index (χ0v) is 14.9. The van der Waals surface area contributed by atoms with Crippen molar-refractivity contribution in [2.45, 2.75) is 19.8 Å². The minimum absolute atomic E-state index is 0.249. The Kier molecular flexibility index (Phi) is 3.62. The molecule has 1 aromatic carbocycles. The standard InChI is InChI=1S/C16H14ClN5OS/c1-8(2)14-19-20-16-22(14)21-15(24-16)11-6-4-9-10(17)5-7-12(23-3)13(9)18-11/h4-8H,1-3H3. The number of methoxy groups -OCH3 is 1. The minimum atomic E-state index is 0.249. The van der Waals surface area contributed by atoms with Crippen molar-refractivity contribution in [2.24, 2.45) is 0 Å². The van der Waals surface area contributed by atoms with E-state index in [9.17, 15) is 0 Å². The number of rotatable bonds is 3. The number of hydrogen-bond acceptors (Lipinski definition) is 6. The van der Waals surface area contributed by atoms with Gasteiger partial charge < -0.3 is 4.74 Å². The van der Waals surface area contributed by atoms with Gasteiger partial charge in [0.25, 0.3) is 0 Å². The van der Waals surface area contributed by atoms with E-state index in [1.54, 1.807) is 11.6 Å². The Morgan fingerprint density at radius 1 is 1.17 bits per heavy atom. The van der Waals surface area contributed by atoms with E-state index >= 15 is 0 Å². The minimum Gasteiger partial charge on any atom is -0.494 e. The van der Waals surface area contributed by atoms with Gasteiger partial charge in [0, 0.05) is 11.3 Å². The average molecular weight is 360 g/mol.